The Balaban J connectivity index is 0.987. The van der Waals surface area contributed by atoms with Crippen molar-refractivity contribution in [3.8, 4) is 23.0 Å². The Morgan fingerprint density at radius 3 is 1.09 bits per heavy atom. The fraction of sp³-hybridized carbons (Fsp3) is 0.650. The average molecular weight is 900 g/mol. The van der Waals surface area contributed by atoms with Gasteiger partial charge in [-0.15, -0.1) is 66.5 Å². The van der Waals surface area contributed by atoms with Crippen LogP contribution in [0, 0.1) is 11.8 Å². The molecule has 2 aromatic rings. The molecule has 5 rings (SSSR count). The number of ether oxygens (including phenoxy) is 4. The Kier molecular flexibility index (Phi) is 17.9. The SMILES string of the molecule is O=C1Oc2cc(OCCCCCCCCCCC[Si](Cl)(Cl)Cl)ccc2C2C1C1c3ccc(OCCCCCCCCCCC[Si](Cl)(Cl)Cl)cc3OC(=O)C21. The van der Waals surface area contributed by atoms with Crippen LogP contribution in [0.25, 0.3) is 0 Å². The lowest BCUT2D eigenvalue weighted by atomic mass is 9.51. The van der Waals surface area contributed by atoms with E-state index >= 15 is 0 Å². The van der Waals surface area contributed by atoms with Crippen LogP contribution in [0.4, 0.5) is 0 Å². The molecule has 14 heteroatoms. The molecule has 0 bridgehead atoms. The first-order chi connectivity index (χ1) is 25.9. The zero-order valence-corrected chi connectivity index (χ0v) is 37.6. The van der Waals surface area contributed by atoms with E-state index in [9.17, 15) is 9.59 Å². The van der Waals surface area contributed by atoms with Crippen LogP contribution in [-0.2, 0) is 9.59 Å². The second kappa shape index (κ2) is 21.8. The molecular weight excluding hydrogens is 845 g/mol. The van der Waals surface area contributed by atoms with Gasteiger partial charge >= 0.3 is 23.9 Å². The Morgan fingerprint density at radius 1 is 0.444 bits per heavy atom. The molecule has 54 heavy (non-hydrogen) atoms. The van der Waals surface area contributed by atoms with Gasteiger partial charge in [-0.2, -0.15) is 0 Å². The topological polar surface area (TPSA) is 71.1 Å². The minimum absolute atomic E-state index is 0.275. The third-order valence-corrected chi connectivity index (χ3v) is 16.2. The van der Waals surface area contributed by atoms with Crippen molar-refractivity contribution in [2.45, 2.75) is 139 Å². The summed E-state index contributed by atoms with van der Waals surface area (Å²) in [6.45, 7) is 1.20. The monoisotopic (exact) mass is 896 g/mol. The van der Waals surface area contributed by atoms with Crippen LogP contribution in [-0.4, -0.2) is 37.2 Å². The van der Waals surface area contributed by atoms with Crippen LogP contribution >= 0.6 is 66.5 Å². The third kappa shape index (κ3) is 13.6. The quantitative estimate of drug-likeness (QED) is 0.0308. The van der Waals surface area contributed by atoms with Crippen LogP contribution in [0.2, 0.25) is 12.1 Å². The van der Waals surface area contributed by atoms with E-state index in [-0.39, 0.29) is 23.8 Å². The lowest BCUT2D eigenvalue weighted by molar-refractivity contribution is -0.161. The molecule has 0 unspecified atom stereocenters. The standard InChI is InChI=1S/C40H54Cl6O6Si2/c41-53(42,43)25-17-13-9-5-1-3-7-11-15-23-49-29-19-21-31-33(27-29)51-39(47)37-35(31)38-36(37)32-22-20-30(28-34(32)52-40(38)48)50-24-16-12-8-4-2-6-10-14-18-26-54(44,45)46/h19-22,27-28,35-38H,1-18,23-26H2. The summed E-state index contributed by atoms with van der Waals surface area (Å²) in [7, 11) is 0. The first kappa shape index (κ1) is 44.3. The van der Waals surface area contributed by atoms with Crippen LogP contribution in [0.1, 0.15) is 139 Å². The van der Waals surface area contributed by atoms with Gasteiger partial charge in [-0.1, -0.05) is 115 Å². The number of esters is 2. The maximum Gasteiger partial charge on any atom is 0.341 e. The summed E-state index contributed by atoms with van der Waals surface area (Å²) >= 11 is 35.7. The Labute approximate surface area is 351 Å². The predicted molar refractivity (Wildman–Crippen MR) is 227 cm³/mol. The third-order valence-electron chi connectivity index (χ3n) is 10.9. The molecule has 3 aliphatic rings. The summed E-state index contributed by atoms with van der Waals surface area (Å²) in [6.07, 6.45) is 20.5. The molecule has 0 N–H and O–H groups in total. The van der Waals surface area contributed by atoms with Gasteiger partial charge in [0.15, 0.2) is 0 Å². The molecule has 0 radical (unpaired) electrons. The van der Waals surface area contributed by atoms with E-state index in [1.54, 1.807) is 12.1 Å². The van der Waals surface area contributed by atoms with Crippen LogP contribution in [0.15, 0.2) is 36.4 Å². The maximum absolute atomic E-state index is 13.4. The highest BCUT2D eigenvalue weighted by Crippen LogP contribution is 2.64. The van der Waals surface area contributed by atoms with Crippen molar-refractivity contribution >= 4 is 90.4 Å². The number of unbranched alkanes of at least 4 members (excludes halogenated alkanes) is 16. The largest absolute Gasteiger partial charge is 0.493 e. The number of hydrogen-bond acceptors (Lipinski definition) is 6. The molecule has 6 nitrogen and oxygen atoms in total. The van der Waals surface area contributed by atoms with E-state index in [0.717, 1.165) is 74.6 Å². The highest BCUT2D eigenvalue weighted by Gasteiger charge is 2.64. The molecule has 2 aliphatic heterocycles. The van der Waals surface area contributed by atoms with Gasteiger partial charge < -0.3 is 18.9 Å². The number of carbonyl (C=O) groups excluding carboxylic acids is 2. The smallest absolute Gasteiger partial charge is 0.341 e. The van der Waals surface area contributed by atoms with Gasteiger partial charge in [0.2, 0.25) is 0 Å². The van der Waals surface area contributed by atoms with Crippen LogP contribution in [0.5, 0.6) is 23.0 Å². The molecule has 0 amide bonds. The fourth-order valence-corrected chi connectivity index (χ4v) is 11.8. The summed E-state index contributed by atoms with van der Waals surface area (Å²) in [5.74, 6) is 0.265. The molecule has 0 spiro atoms. The minimum Gasteiger partial charge on any atom is -0.493 e. The summed E-state index contributed by atoms with van der Waals surface area (Å²) in [5.41, 5.74) is 1.72. The van der Waals surface area contributed by atoms with Crippen molar-refractivity contribution in [1.82, 2.24) is 0 Å². The number of rotatable bonds is 26. The van der Waals surface area contributed by atoms with E-state index in [0.29, 0.717) is 36.2 Å². The first-order valence-corrected chi connectivity index (χ1v) is 30.5. The second-order valence-electron chi connectivity index (χ2n) is 15.1. The van der Waals surface area contributed by atoms with Gasteiger partial charge in [0, 0.05) is 35.1 Å². The van der Waals surface area contributed by atoms with Crippen LogP contribution < -0.4 is 18.9 Å². The number of hydrogen-bond donors (Lipinski definition) is 0. The van der Waals surface area contributed by atoms with Crippen molar-refractivity contribution in [2.75, 3.05) is 13.2 Å². The predicted octanol–water partition coefficient (Wildman–Crippen LogP) is 13.7. The molecule has 2 aromatic carbocycles. The maximum atomic E-state index is 13.4. The van der Waals surface area contributed by atoms with E-state index in [1.807, 2.05) is 24.3 Å². The number of fused-ring (bicyclic) bond motifs is 8. The second-order valence-corrected chi connectivity index (χ2v) is 33.7. The molecular formula is C40H54Cl6O6Si2. The van der Waals surface area contributed by atoms with Crippen molar-refractivity contribution in [3.05, 3.63) is 47.5 Å². The van der Waals surface area contributed by atoms with E-state index in [2.05, 4.69) is 0 Å². The molecule has 0 saturated heterocycles. The van der Waals surface area contributed by atoms with Gasteiger partial charge in [-0.25, -0.2) is 0 Å². The molecule has 1 aliphatic carbocycles. The molecule has 1 fully saturated rings. The molecule has 0 aromatic heterocycles. The molecule has 0 atom stereocenters. The van der Waals surface area contributed by atoms with Crippen molar-refractivity contribution < 1.29 is 28.5 Å². The normalized spacial score (nSPS) is 20.2. The van der Waals surface area contributed by atoms with E-state index in [4.69, 9.17) is 85.4 Å². The number of halogens is 6. The molecule has 1 saturated carbocycles. The van der Waals surface area contributed by atoms with Gasteiger partial charge in [-0.05, 0) is 37.1 Å². The van der Waals surface area contributed by atoms with Crippen molar-refractivity contribution in [3.63, 3.8) is 0 Å². The first-order valence-electron chi connectivity index (χ1n) is 20.0. The van der Waals surface area contributed by atoms with Gasteiger partial charge in [0.05, 0.1) is 25.0 Å². The zero-order valence-electron chi connectivity index (χ0n) is 31.0. The van der Waals surface area contributed by atoms with Crippen molar-refractivity contribution in [1.29, 1.82) is 0 Å². The molecule has 2 heterocycles. The zero-order chi connectivity index (χ0) is 38.6. The van der Waals surface area contributed by atoms with Gasteiger partial charge in [0.25, 0.3) is 0 Å². The lowest BCUT2D eigenvalue weighted by Gasteiger charge is -2.53. The fourth-order valence-electron chi connectivity index (χ4n) is 8.11. The minimum atomic E-state index is -2.46. The Bertz CT molecular complexity index is 1400. The summed E-state index contributed by atoms with van der Waals surface area (Å²) in [5, 5.41) is 0. The Hall–Kier alpha value is -0.846. The van der Waals surface area contributed by atoms with Crippen LogP contribution in [0.3, 0.4) is 0 Å². The van der Waals surface area contributed by atoms with Gasteiger partial charge in [0.1, 0.15) is 23.0 Å². The highest BCUT2D eigenvalue weighted by atomic mass is 35.8. The van der Waals surface area contributed by atoms with E-state index in [1.165, 1.54) is 64.2 Å². The molecule has 300 valence electrons. The van der Waals surface area contributed by atoms with E-state index < -0.39 is 23.8 Å². The highest BCUT2D eigenvalue weighted by molar-refractivity contribution is 7.65. The lowest BCUT2D eigenvalue weighted by Crippen LogP contribution is -2.56. The summed E-state index contributed by atoms with van der Waals surface area (Å²) in [4.78, 5) is 26.7. The number of benzene rings is 2. The number of carbonyl (C=O) groups is 2. The summed E-state index contributed by atoms with van der Waals surface area (Å²) < 4.78 is 23.8. The van der Waals surface area contributed by atoms with Crippen molar-refractivity contribution in [2.24, 2.45) is 11.8 Å². The summed E-state index contributed by atoms with van der Waals surface area (Å²) in [6, 6.07) is 7.87. The van der Waals surface area contributed by atoms with Gasteiger partial charge in [-0.3, -0.25) is 9.59 Å². The average Bonchev–Trinajstić information content (AvgIpc) is 3.09. The Morgan fingerprint density at radius 2 is 0.759 bits per heavy atom.